The second-order valence-corrected chi connectivity index (χ2v) is 6.81. The van der Waals surface area contributed by atoms with Gasteiger partial charge in [0, 0.05) is 19.2 Å². The van der Waals surface area contributed by atoms with E-state index < -0.39 is 34.5 Å². The van der Waals surface area contributed by atoms with Crippen molar-refractivity contribution in [2.75, 3.05) is 5.32 Å². The summed E-state index contributed by atoms with van der Waals surface area (Å²) in [5.74, 6) is -2.82. The van der Waals surface area contributed by atoms with Gasteiger partial charge in [0.05, 0.1) is 23.2 Å². The summed E-state index contributed by atoms with van der Waals surface area (Å²) in [6.45, 7) is 3.66. The normalized spacial score (nSPS) is 12.1. The van der Waals surface area contributed by atoms with Gasteiger partial charge in [-0.1, -0.05) is 0 Å². The zero-order valence-electron chi connectivity index (χ0n) is 13.8. The molecule has 1 atom stereocenters. The molecule has 0 saturated heterocycles. The Kier molecular flexibility index (Phi) is 5.79. The summed E-state index contributed by atoms with van der Waals surface area (Å²) in [7, 11) is 1.58. The number of hydrogen-bond donors (Lipinski definition) is 2. The molecule has 1 aromatic heterocycles. The Morgan fingerprint density at radius 3 is 2.68 bits per heavy atom. The van der Waals surface area contributed by atoms with Crippen LogP contribution in [-0.4, -0.2) is 21.1 Å². The van der Waals surface area contributed by atoms with Crippen LogP contribution in [-0.2, 0) is 18.4 Å². The van der Waals surface area contributed by atoms with Gasteiger partial charge in [0.2, 0.25) is 0 Å². The van der Waals surface area contributed by atoms with E-state index in [1.54, 1.807) is 7.05 Å². The third-order valence-corrected chi connectivity index (χ3v) is 4.56. The first-order valence-corrected chi connectivity index (χ1v) is 8.43. The van der Waals surface area contributed by atoms with Crippen molar-refractivity contribution in [3.8, 4) is 6.07 Å². The van der Waals surface area contributed by atoms with E-state index in [0.29, 0.717) is 4.90 Å². The molecule has 0 aliphatic carbocycles. The van der Waals surface area contributed by atoms with Crippen LogP contribution in [0.2, 0.25) is 0 Å². The van der Waals surface area contributed by atoms with E-state index in [2.05, 4.69) is 10.0 Å². The van der Waals surface area contributed by atoms with Crippen LogP contribution in [0.3, 0.4) is 0 Å². The lowest BCUT2D eigenvalue weighted by Gasteiger charge is -2.10. The van der Waals surface area contributed by atoms with Crippen LogP contribution in [0.5, 0.6) is 0 Å². The van der Waals surface area contributed by atoms with Crippen molar-refractivity contribution >= 4 is 23.0 Å². The minimum Gasteiger partial charge on any atom is -0.593 e. The van der Waals surface area contributed by atoms with Gasteiger partial charge in [-0.2, -0.15) is 5.26 Å². The quantitative estimate of drug-likeness (QED) is 0.795. The van der Waals surface area contributed by atoms with Gasteiger partial charge >= 0.3 is 0 Å². The van der Waals surface area contributed by atoms with E-state index in [9.17, 15) is 18.1 Å². The van der Waals surface area contributed by atoms with Crippen LogP contribution in [0.25, 0.3) is 0 Å². The number of nitrogens with zero attached hydrogens (tertiary/aromatic N) is 2. The first kappa shape index (κ1) is 18.9. The minimum atomic E-state index is -1.50. The van der Waals surface area contributed by atoms with Crippen LogP contribution < -0.4 is 10.0 Å². The first-order chi connectivity index (χ1) is 11.7. The van der Waals surface area contributed by atoms with Crippen molar-refractivity contribution in [2.45, 2.75) is 24.8 Å². The van der Waals surface area contributed by atoms with E-state index in [4.69, 9.17) is 5.26 Å². The van der Waals surface area contributed by atoms with Crippen LogP contribution >= 0.6 is 0 Å². The molecule has 1 aromatic carbocycles. The van der Waals surface area contributed by atoms with Gasteiger partial charge in [-0.05, 0) is 26.0 Å². The third-order valence-electron chi connectivity index (χ3n) is 3.22. The van der Waals surface area contributed by atoms with Crippen LogP contribution in [0, 0.1) is 23.0 Å². The van der Waals surface area contributed by atoms with Gasteiger partial charge in [-0.15, -0.1) is 4.72 Å². The number of nitrogens with one attached hydrogen (secondary N) is 2. The Hall–Kier alpha value is -2.41. The van der Waals surface area contributed by atoms with Crippen molar-refractivity contribution in [1.82, 2.24) is 9.29 Å². The molecule has 9 heteroatoms. The predicted molar refractivity (Wildman–Crippen MR) is 89.1 cm³/mol. The van der Waals surface area contributed by atoms with Crippen LogP contribution in [0.4, 0.5) is 14.5 Å². The molecule has 0 aliphatic rings. The van der Waals surface area contributed by atoms with E-state index in [-0.39, 0.29) is 17.4 Å². The zero-order valence-corrected chi connectivity index (χ0v) is 14.6. The molecular weight excluding hydrogens is 350 g/mol. The maximum Gasteiger partial charge on any atom is 0.272 e. The maximum atomic E-state index is 14.0. The molecule has 2 rings (SSSR count). The van der Waals surface area contributed by atoms with Crippen molar-refractivity contribution in [3.63, 3.8) is 0 Å². The number of carbonyl (C=O) groups excluding carboxylic acids is 1. The molecule has 2 aromatic rings. The van der Waals surface area contributed by atoms with Crippen LogP contribution in [0.1, 0.15) is 29.9 Å². The Morgan fingerprint density at radius 1 is 1.40 bits per heavy atom. The van der Waals surface area contributed by atoms with Crippen molar-refractivity contribution in [2.24, 2.45) is 7.05 Å². The predicted octanol–water partition coefficient (Wildman–Crippen LogP) is 2.45. The molecule has 0 radical (unpaired) electrons. The smallest absolute Gasteiger partial charge is 0.272 e. The molecule has 1 unspecified atom stereocenters. The summed E-state index contributed by atoms with van der Waals surface area (Å²) in [6, 6.07) is 4.73. The third kappa shape index (κ3) is 4.17. The molecule has 1 amide bonds. The number of aryl methyl sites for hydroxylation is 1. The SMILES string of the molecule is CC(C)N[S+]([O-])c1cc(C(=O)Nc2ccc(F)c(C#N)c2F)n(C)c1. The highest BCUT2D eigenvalue weighted by Crippen LogP contribution is 2.22. The topological polar surface area (TPSA) is 92.9 Å². The number of anilines is 1. The number of amides is 1. The molecule has 0 spiro atoms. The molecule has 25 heavy (non-hydrogen) atoms. The molecular formula is C16H16F2N4O2S. The number of aromatic nitrogens is 1. The van der Waals surface area contributed by atoms with Crippen molar-refractivity contribution < 1.29 is 18.1 Å². The van der Waals surface area contributed by atoms with Crippen molar-refractivity contribution in [3.05, 3.63) is 47.3 Å². The van der Waals surface area contributed by atoms with Gasteiger partial charge in [0.25, 0.3) is 5.91 Å². The number of hydrogen-bond acceptors (Lipinski definition) is 4. The second kappa shape index (κ2) is 7.65. The average Bonchev–Trinajstić information content (AvgIpc) is 2.92. The van der Waals surface area contributed by atoms with E-state index in [1.807, 2.05) is 13.8 Å². The summed E-state index contributed by atoms with van der Waals surface area (Å²) >= 11 is -1.50. The van der Waals surface area contributed by atoms with E-state index >= 15 is 0 Å². The average molecular weight is 366 g/mol. The Balaban J connectivity index is 2.25. The fourth-order valence-corrected chi connectivity index (χ4v) is 3.12. The number of benzene rings is 1. The highest BCUT2D eigenvalue weighted by atomic mass is 32.2. The summed E-state index contributed by atoms with van der Waals surface area (Å²) in [5.41, 5.74) is -0.948. The summed E-state index contributed by atoms with van der Waals surface area (Å²) < 4.78 is 43.7. The lowest BCUT2D eigenvalue weighted by atomic mass is 10.2. The highest BCUT2D eigenvalue weighted by molar-refractivity contribution is 7.89. The number of nitriles is 1. The van der Waals surface area contributed by atoms with Gasteiger partial charge in [-0.25, -0.2) is 8.78 Å². The Bertz CT molecular complexity index is 845. The second-order valence-electron chi connectivity index (χ2n) is 5.56. The molecule has 0 aliphatic heterocycles. The molecule has 2 N–H and O–H groups in total. The lowest BCUT2D eigenvalue weighted by molar-refractivity contribution is 0.101. The van der Waals surface area contributed by atoms with E-state index in [0.717, 1.165) is 12.1 Å². The fraction of sp³-hybridized carbons (Fsp3) is 0.250. The van der Waals surface area contributed by atoms with Crippen molar-refractivity contribution in [1.29, 1.82) is 5.26 Å². The largest absolute Gasteiger partial charge is 0.593 e. The Morgan fingerprint density at radius 2 is 2.08 bits per heavy atom. The molecule has 0 saturated carbocycles. The summed E-state index contributed by atoms with van der Waals surface area (Å²) in [4.78, 5) is 12.7. The maximum absolute atomic E-state index is 14.0. The number of halogens is 2. The molecule has 0 fully saturated rings. The zero-order chi connectivity index (χ0) is 18.7. The van der Waals surface area contributed by atoms with Gasteiger partial charge in [0.15, 0.2) is 10.7 Å². The lowest BCUT2D eigenvalue weighted by Crippen LogP contribution is -2.30. The summed E-state index contributed by atoms with van der Waals surface area (Å²) in [6.07, 6.45) is 1.52. The Labute approximate surface area is 146 Å². The molecule has 0 bridgehead atoms. The molecule has 6 nitrogen and oxygen atoms in total. The first-order valence-electron chi connectivity index (χ1n) is 7.28. The van der Waals surface area contributed by atoms with Gasteiger partial charge < -0.3 is 14.4 Å². The monoisotopic (exact) mass is 366 g/mol. The standard InChI is InChI=1S/C16H16F2N4O2S/c1-9(2)21-25(24)10-6-14(22(3)8-10)16(23)20-13-5-4-12(17)11(7-19)15(13)18/h4-6,8-9,21H,1-3H3,(H,20,23). The highest BCUT2D eigenvalue weighted by Gasteiger charge is 2.22. The number of carbonyl (C=O) groups is 1. The van der Waals surface area contributed by atoms with E-state index in [1.165, 1.54) is 22.9 Å². The van der Waals surface area contributed by atoms with Gasteiger partial charge in [0.1, 0.15) is 23.1 Å². The molecule has 132 valence electrons. The fourth-order valence-electron chi connectivity index (χ4n) is 2.08. The minimum absolute atomic E-state index is 0.0176. The molecule has 1 heterocycles. The summed E-state index contributed by atoms with van der Waals surface area (Å²) in [5, 5.41) is 11.1. The van der Waals surface area contributed by atoms with Gasteiger partial charge in [-0.3, -0.25) is 4.79 Å². The number of rotatable bonds is 5. The van der Waals surface area contributed by atoms with Crippen LogP contribution in [0.15, 0.2) is 29.3 Å².